The Morgan fingerprint density at radius 3 is 1.75 bits per heavy atom. The molecule has 0 atom stereocenters. The predicted molar refractivity (Wildman–Crippen MR) is 41.9 cm³/mol. The van der Waals surface area contributed by atoms with Crippen LogP contribution in [0.5, 0.6) is 0 Å². The van der Waals surface area contributed by atoms with E-state index in [9.17, 15) is 0 Å². The van der Waals surface area contributed by atoms with Crippen LogP contribution in [0.25, 0.3) is 0 Å². The summed E-state index contributed by atoms with van der Waals surface area (Å²) in [5.41, 5.74) is 0. The first-order chi connectivity index (χ1) is 3.42. The van der Waals surface area contributed by atoms with E-state index in [-0.39, 0.29) is 0 Å². The Morgan fingerprint density at radius 1 is 1.38 bits per heavy atom. The number of hydrogen-bond donors (Lipinski definition) is 0. The zero-order valence-electron chi connectivity index (χ0n) is 5.79. The van der Waals surface area contributed by atoms with Crippen molar-refractivity contribution >= 4 is 46.8 Å². The van der Waals surface area contributed by atoms with Gasteiger partial charge in [-0.15, -0.1) is 0 Å². The van der Waals surface area contributed by atoms with Crippen LogP contribution in [0.15, 0.2) is 0 Å². The molecule has 0 amide bonds. The summed E-state index contributed by atoms with van der Waals surface area (Å²) in [7, 11) is 5.97. The number of hydrogen-bond acceptors (Lipinski definition) is 1. The third kappa shape index (κ3) is 7.85. The van der Waals surface area contributed by atoms with Crippen molar-refractivity contribution in [3.05, 3.63) is 0 Å². The molecule has 0 rings (SSSR count). The SMILES string of the molecule is [CH3][Sn]([CH3])[O][Sn]([CH3])([CH3])[Cl]. The molecule has 49 valence electrons. The fourth-order valence-corrected chi connectivity index (χ4v) is 28.8. The second kappa shape index (κ2) is 3.88. The number of halogens is 1. The van der Waals surface area contributed by atoms with Crippen LogP contribution in [-0.4, -0.2) is 37.8 Å². The monoisotopic (exact) mass is 351 g/mol. The van der Waals surface area contributed by atoms with Crippen LogP contribution in [0.1, 0.15) is 0 Å². The molecule has 0 saturated heterocycles. The van der Waals surface area contributed by atoms with Gasteiger partial charge in [0.05, 0.1) is 0 Å². The molecule has 0 aromatic carbocycles. The van der Waals surface area contributed by atoms with Gasteiger partial charge in [0.2, 0.25) is 0 Å². The number of rotatable bonds is 2. The summed E-state index contributed by atoms with van der Waals surface area (Å²) in [6, 6.07) is 0. The molecule has 0 aliphatic rings. The molecule has 0 aromatic rings. The molecule has 0 bridgehead atoms. The van der Waals surface area contributed by atoms with Gasteiger partial charge in [-0.3, -0.25) is 0 Å². The summed E-state index contributed by atoms with van der Waals surface area (Å²) < 4.78 is 5.61. The van der Waals surface area contributed by atoms with Crippen molar-refractivity contribution in [2.75, 3.05) is 0 Å². The normalized spacial score (nSPS) is 12.8. The molecule has 4 heteroatoms. The molecule has 0 heterocycles. The minimum atomic E-state index is -2.30. The van der Waals surface area contributed by atoms with Crippen molar-refractivity contribution in [2.45, 2.75) is 19.8 Å². The summed E-state index contributed by atoms with van der Waals surface area (Å²) >= 11 is -3.60. The van der Waals surface area contributed by atoms with Crippen LogP contribution in [-0.2, 0) is 1.41 Å². The van der Waals surface area contributed by atoms with E-state index >= 15 is 0 Å². The Balaban J connectivity index is 3.39. The Hall–Kier alpha value is 1.85. The maximum absolute atomic E-state index is 5.97. The van der Waals surface area contributed by atoms with Crippen LogP contribution in [0.3, 0.4) is 0 Å². The third-order valence-corrected chi connectivity index (χ3v) is 23.6. The van der Waals surface area contributed by atoms with E-state index in [1.54, 1.807) is 0 Å². The van der Waals surface area contributed by atoms with E-state index in [4.69, 9.17) is 10.3 Å². The van der Waals surface area contributed by atoms with Gasteiger partial charge < -0.3 is 0 Å². The topological polar surface area (TPSA) is 9.23 Å². The zero-order chi connectivity index (χ0) is 6.78. The quantitative estimate of drug-likeness (QED) is 0.695. The van der Waals surface area contributed by atoms with Gasteiger partial charge in [0, 0.05) is 0 Å². The average Bonchev–Trinajstić information content (AvgIpc) is 1.21. The van der Waals surface area contributed by atoms with Gasteiger partial charge >= 0.3 is 67.9 Å². The van der Waals surface area contributed by atoms with E-state index in [0.717, 1.165) is 0 Å². The van der Waals surface area contributed by atoms with Gasteiger partial charge in [-0.05, 0) is 0 Å². The molecule has 8 heavy (non-hydrogen) atoms. The molecule has 0 aromatic heterocycles. The molecule has 0 fully saturated rings. The zero-order valence-corrected chi connectivity index (χ0v) is 12.3. The Morgan fingerprint density at radius 2 is 1.75 bits per heavy atom. The first kappa shape index (κ1) is 9.85. The Kier molecular flexibility index (Phi) is 4.78. The van der Waals surface area contributed by atoms with Gasteiger partial charge in [0.25, 0.3) is 0 Å². The molecule has 1 nitrogen and oxygen atoms in total. The van der Waals surface area contributed by atoms with Crippen molar-refractivity contribution in [2.24, 2.45) is 0 Å². The van der Waals surface area contributed by atoms with Crippen molar-refractivity contribution in [1.29, 1.82) is 0 Å². The van der Waals surface area contributed by atoms with Gasteiger partial charge in [0.1, 0.15) is 0 Å². The van der Waals surface area contributed by atoms with E-state index < -0.39 is 37.8 Å². The van der Waals surface area contributed by atoms with Crippen molar-refractivity contribution in [3.63, 3.8) is 0 Å². The summed E-state index contributed by atoms with van der Waals surface area (Å²) in [6.07, 6.45) is 0. The van der Waals surface area contributed by atoms with Gasteiger partial charge in [-0.25, -0.2) is 0 Å². The van der Waals surface area contributed by atoms with E-state index in [0.29, 0.717) is 0 Å². The predicted octanol–water partition coefficient (Wildman–Crippen LogP) is 2.19. The van der Waals surface area contributed by atoms with Crippen LogP contribution < -0.4 is 0 Å². The Bertz CT molecular complexity index is 68.9. The summed E-state index contributed by atoms with van der Waals surface area (Å²) in [4.78, 5) is 8.60. The molecule has 0 aliphatic heterocycles. The van der Waals surface area contributed by atoms with Crippen molar-refractivity contribution in [3.8, 4) is 0 Å². The van der Waals surface area contributed by atoms with Gasteiger partial charge in [0.15, 0.2) is 0 Å². The standard InChI is InChI=1S/4CH3.ClH.O.2Sn/h4*1H3;1H;;;/q;;;;;;;+1/p-1. The van der Waals surface area contributed by atoms with Gasteiger partial charge in [-0.1, -0.05) is 0 Å². The first-order valence-corrected chi connectivity index (χ1v) is 20.0. The van der Waals surface area contributed by atoms with Crippen LogP contribution in [0, 0.1) is 0 Å². The Labute approximate surface area is 67.2 Å². The first-order valence-electron chi connectivity index (χ1n) is 2.60. The van der Waals surface area contributed by atoms with Crippen molar-refractivity contribution < 1.29 is 1.41 Å². The van der Waals surface area contributed by atoms with Crippen molar-refractivity contribution in [1.82, 2.24) is 0 Å². The average molecular weight is 349 g/mol. The second-order valence-electron chi connectivity index (χ2n) is 2.37. The van der Waals surface area contributed by atoms with Crippen LogP contribution in [0.4, 0.5) is 0 Å². The minimum absolute atomic E-state index is 1.31. The fourth-order valence-electron chi connectivity index (χ4n) is 0.485. The van der Waals surface area contributed by atoms with E-state index in [1.807, 2.05) is 0 Å². The molecular weight excluding hydrogens is 337 g/mol. The third-order valence-electron chi connectivity index (χ3n) is 0.447. The molecule has 0 N–H and O–H groups in total. The molecule has 0 unspecified atom stereocenters. The van der Waals surface area contributed by atoms with E-state index in [2.05, 4.69) is 19.8 Å². The summed E-state index contributed by atoms with van der Waals surface area (Å²) in [5.74, 6) is 0. The molecular formula is C4H12ClOSn2. The van der Waals surface area contributed by atoms with Crippen LogP contribution >= 0.6 is 8.92 Å². The summed E-state index contributed by atoms with van der Waals surface area (Å²) in [6.45, 7) is 0. The maximum atomic E-state index is 5.97. The molecule has 0 spiro atoms. The molecule has 0 aliphatic carbocycles. The summed E-state index contributed by atoms with van der Waals surface area (Å²) in [5, 5.41) is 0. The molecule has 1 radical (unpaired) electrons. The molecule has 0 saturated carbocycles. The van der Waals surface area contributed by atoms with E-state index in [1.165, 1.54) is 0 Å². The fraction of sp³-hybridized carbons (Fsp3) is 1.00. The van der Waals surface area contributed by atoms with Crippen LogP contribution in [0.2, 0.25) is 19.8 Å². The van der Waals surface area contributed by atoms with Gasteiger partial charge in [-0.2, -0.15) is 0 Å². The second-order valence-corrected chi connectivity index (χ2v) is 25.9.